The number of β-lactam (4-membered cyclic amide) rings is 1. The molecule has 0 aliphatic carbocycles. The van der Waals surface area contributed by atoms with Crippen LogP contribution in [0.3, 0.4) is 0 Å². The van der Waals surface area contributed by atoms with E-state index in [2.05, 4.69) is 5.32 Å². The molecule has 0 aromatic rings. The molecular formula is C14H21N2NaO5S. The number of carboxylic acid groups (broad SMARTS) is 1. The van der Waals surface area contributed by atoms with Crippen molar-refractivity contribution in [2.45, 2.75) is 62.4 Å². The van der Waals surface area contributed by atoms with Crippen molar-refractivity contribution in [1.82, 2.24) is 10.2 Å². The standard InChI is InChI=1S/C14H22N2O5S.Na/c1-13(2,3)15-9(18)7(17)6-10(19)16-8(12(20)21)14(4,5)22-11(6)16;/h6-8,11,17H,1-5H3,(H,15,18)(H,20,21);/q;+1/p-1/t6-,7+,8+,11-;/m1./s1. The fraction of sp³-hybridized carbons (Fsp3) is 0.786. The van der Waals surface area contributed by atoms with Crippen LogP contribution < -0.4 is 40.0 Å². The number of nitrogens with zero attached hydrogens (tertiary/aromatic N) is 1. The number of aliphatic hydroxyl groups is 1. The molecule has 2 heterocycles. The second kappa shape index (κ2) is 6.55. The maximum atomic E-state index is 12.2. The quantitative estimate of drug-likeness (QED) is 0.393. The summed E-state index contributed by atoms with van der Waals surface area (Å²) in [4.78, 5) is 36.8. The third-order valence-electron chi connectivity index (χ3n) is 3.81. The number of carbonyl (C=O) groups excluding carboxylic acids is 3. The molecule has 2 amide bonds. The van der Waals surface area contributed by atoms with E-state index in [1.165, 1.54) is 16.7 Å². The summed E-state index contributed by atoms with van der Waals surface area (Å²) in [5, 5.41) is 23.6. The smallest absolute Gasteiger partial charge is 0.548 e. The number of amides is 2. The number of nitrogens with one attached hydrogen (secondary N) is 1. The fourth-order valence-electron chi connectivity index (χ4n) is 2.92. The van der Waals surface area contributed by atoms with Gasteiger partial charge in [-0.3, -0.25) is 9.59 Å². The Labute approximate surface area is 161 Å². The van der Waals surface area contributed by atoms with Crippen molar-refractivity contribution in [1.29, 1.82) is 0 Å². The van der Waals surface area contributed by atoms with E-state index in [1.807, 2.05) is 0 Å². The summed E-state index contributed by atoms with van der Waals surface area (Å²) in [6.45, 7) is 8.73. The normalized spacial score (nSPS) is 29.9. The maximum absolute atomic E-state index is 12.2. The first kappa shape index (κ1) is 20.8. The minimum Gasteiger partial charge on any atom is -0.548 e. The van der Waals surface area contributed by atoms with Crippen LogP contribution in [0, 0.1) is 5.92 Å². The summed E-state index contributed by atoms with van der Waals surface area (Å²) in [5.74, 6) is -3.38. The molecule has 0 aromatic carbocycles. The fourth-order valence-corrected chi connectivity index (χ4v) is 4.63. The van der Waals surface area contributed by atoms with E-state index in [0.717, 1.165) is 0 Å². The molecule has 2 aliphatic heterocycles. The first-order valence-electron chi connectivity index (χ1n) is 7.08. The molecule has 0 radical (unpaired) electrons. The number of fused-ring (bicyclic) bond motifs is 1. The van der Waals surface area contributed by atoms with Gasteiger partial charge in [0.15, 0.2) is 0 Å². The Balaban J connectivity index is 0.00000264. The van der Waals surface area contributed by atoms with E-state index in [4.69, 9.17) is 0 Å². The van der Waals surface area contributed by atoms with Gasteiger partial charge in [-0.1, -0.05) is 0 Å². The molecule has 0 spiro atoms. The van der Waals surface area contributed by atoms with Gasteiger partial charge in [0, 0.05) is 10.3 Å². The number of aliphatic hydroxyl groups excluding tert-OH is 1. The zero-order valence-corrected chi connectivity index (χ0v) is 17.1. The van der Waals surface area contributed by atoms with Crippen LogP contribution >= 0.6 is 11.8 Å². The second-order valence-corrected chi connectivity index (χ2v) is 9.06. The van der Waals surface area contributed by atoms with Crippen LogP contribution in [0.25, 0.3) is 0 Å². The summed E-state index contributed by atoms with van der Waals surface area (Å²) in [5.41, 5.74) is -0.528. The largest absolute Gasteiger partial charge is 1.00 e. The Morgan fingerprint density at radius 3 is 2.35 bits per heavy atom. The van der Waals surface area contributed by atoms with Gasteiger partial charge >= 0.3 is 29.6 Å². The van der Waals surface area contributed by atoms with Gasteiger partial charge in [-0.25, -0.2) is 0 Å². The van der Waals surface area contributed by atoms with Crippen LogP contribution in [0.2, 0.25) is 0 Å². The summed E-state index contributed by atoms with van der Waals surface area (Å²) >= 11 is 1.27. The first-order valence-corrected chi connectivity index (χ1v) is 7.96. The van der Waals surface area contributed by atoms with Crippen LogP contribution in [0.1, 0.15) is 34.6 Å². The summed E-state index contributed by atoms with van der Waals surface area (Å²) in [6, 6.07) is -1.05. The van der Waals surface area contributed by atoms with Crippen molar-refractivity contribution < 1.29 is 54.2 Å². The Morgan fingerprint density at radius 2 is 1.91 bits per heavy atom. The molecule has 2 aliphatic rings. The van der Waals surface area contributed by atoms with E-state index >= 15 is 0 Å². The number of hydrogen-bond donors (Lipinski definition) is 2. The number of carboxylic acids is 1. The zero-order valence-electron chi connectivity index (χ0n) is 14.2. The van der Waals surface area contributed by atoms with Gasteiger partial charge in [-0.15, -0.1) is 11.8 Å². The number of rotatable bonds is 3. The van der Waals surface area contributed by atoms with Crippen LogP contribution in [-0.4, -0.2) is 55.6 Å². The summed E-state index contributed by atoms with van der Waals surface area (Å²) in [7, 11) is 0. The van der Waals surface area contributed by atoms with Crippen LogP contribution in [0.5, 0.6) is 0 Å². The van der Waals surface area contributed by atoms with Crippen LogP contribution in [0.15, 0.2) is 0 Å². The van der Waals surface area contributed by atoms with Crippen molar-refractivity contribution in [3.05, 3.63) is 0 Å². The molecule has 0 aromatic heterocycles. The molecule has 9 heteroatoms. The van der Waals surface area contributed by atoms with Crippen LogP contribution in [-0.2, 0) is 14.4 Å². The topological polar surface area (TPSA) is 110 Å². The maximum Gasteiger partial charge on any atom is 1.00 e. The zero-order chi connectivity index (χ0) is 17.0. The molecule has 0 unspecified atom stereocenters. The molecule has 0 bridgehead atoms. The minimum absolute atomic E-state index is 0. The number of thioether (sulfide) groups is 1. The van der Waals surface area contributed by atoms with Crippen molar-refractivity contribution in [2.75, 3.05) is 0 Å². The molecule has 2 saturated heterocycles. The number of hydrogen-bond acceptors (Lipinski definition) is 6. The van der Waals surface area contributed by atoms with Crippen LogP contribution in [0.4, 0.5) is 0 Å². The Bertz CT molecular complexity index is 534. The molecule has 7 nitrogen and oxygen atoms in total. The van der Waals surface area contributed by atoms with Gasteiger partial charge in [0.25, 0.3) is 0 Å². The molecule has 2 fully saturated rings. The van der Waals surface area contributed by atoms with E-state index in [-0.39, 0.29) is 29.6 Å². The Morgan fingerprint density at radius 1 is 1.39 bits per heavy atom. The number of aliphatic carboxylic acids is 1. The number of carbonyl (C=O) groups is 3. The van der Waals surface area contributed by atoms with Crippen molar-refractivity contribution in [3.8, 4) is 0 Å². The average molecular weight is 352 g/mol. The molecule has 2 N–H and O–H groups in total. The van der Waals surface area contributed by atoms with E-state index in [0.29, 0.717) is 0 Å². The van der Waals surface area contributed by atoms with Gasteiger partial charge in [0.2, 0.25) is 11.8 Å². The third-order valence-corrected chi connectivity index (χ3v) is 5.41. The van der Waals surface area contributed by atoms with E-state index in [9.17, 15) is 24.6 Å². The second-order valence-electron chi connectivity index (χ2n) is 7.29. The molecular weight excluding hydrogens is 331 g/mol. The predicted molar refractivity (Wildman–Crippen MR) is 78.5 cm³/mol. The summed E-state index contributed by atoms with van der Waals surface area (Å²) < 4.78 is -0.728. The van der Waals surface area contributed by atoms with Crippen molar-refractivity contribution in [2.24, 2.45) is 5.92 Å². The monoisotopic (exact) mass is 352 g/mol. The Hall–Kier alpha value is -0.280. The minimum atomic E-state index is -1.49. The van der Waals surface area contributed by atoms with E-state index in [1.54, 1.807) is 34.6 Å². The van der Waals surface area contributed by atoms with Gasteiger partial charge in [-0.2, -0.15) is 0 Å². The molecule has 2 rings (SSSR count). The van der Waals surface area contributed by atoms with Gasteiger partial charge in [0.05, 0.1) is 17.4 Å². The van der Waals surface area contributed by atoms with Gasteiger partial charge < -0.3 is 25.2 Å². The predicted octanol–water partition coefficient (Wildman–Crippen LogP) is -4.31. The first-order chi connectivity index (χ1) is 9.87. The van der Waals surface area contributed by atoms with Crippen molar-refractivity contribution >= 4 is 29.5 Å². The Kier molecular flexibility index (Phi) is 5.92. The van der Waals surface area contributed by atoms with Gasteiger partial charge in [0.1, 0.15) is 12.0 Å². The SMILES string of the molecule is CC(C)(C)NC(=O)[C@@H](O)[C@@H]1C(=O)N2[C@@H]1SC(C)(C)[C@@H]2C(=O)[O-].[Na+]. The molecule has 0 saturated carbocycles. The third kappa shape index (κ3) is 3.71. The average Bonchev–Trinajstić information content (AvgIpc) is 2.55. The van der Waals surface area contributed by atoms with Gasteiger partial charge in [-0.05, 0) is 34.6 Å². The molecule has 4 atom stereocenters. The molecule has 124 valence electrons. The van der Waals surface area contributed by atoms with Crippen molar-refractivity contribution in [3.63, 3.8) is 0 Å². The summed E-state index contributed by atoms with van der Waals surface area (Å²) in [6.07, 6.45) is -1.49. The van der Waals surface area contributed by atoms with E-state index < -0.39 is 51.5 Å². The molecule has 23 heavy (non-hydrogen) atoms.